The Kier molecular flexibility index (Phi) is 2.40. The van der Waals surface area contributed by atoms with Crippen molar-refractivity contribution in [2.45, 2.75) is 28.8 Å². The molecule has 0 amide bonds. The van der Waals surface area contributed by atoms with Crippen molar-refractivity contribution in [2.24, 2.45) is 0 Å². The Balaban J connectivity index is 1.66. The third-order valence-electron chi connectivity index (χ3n) is 2.56. The number of thioether (sulfide) groups is 1. The Hall–Kier alpha value is -0.620. The van der Waals surface area contributed by atoms with Crippen LogP contribution in [0.4, 0.5) is 0 Å². The van der Waals surface area contributed by atoms with E-state index in [4.69, 9.17) is 14.6 Å². The molecule has 0 unspecified atom stereocenters. The molecule has 4 atom stereocenters. The fraction of sp³-hybridized carbons (Fsp3) is 0.500. The summed E-state index contributed by atoms with van der Waals surface area (Å²) in [7, 11) is 0. The van der Waals surface area contributed by atoms with Crippen LogP contribution in [0, 0.1) is 0 Å². The summed E-state index contributed by atoms with van der Waals surface area (Å²) >= 11 is 1.55. The lowest BCUT2D eigenvalue weighted by molar-refractivity contribution is -0.0174. The van der Waals surface area contributed by atoms with E-state index in [1.54, 1.807) is 18.0 Å². The summed E-state index contributed by atoms with van der Waals surface area (Å²) in [6.45, 7) is 0.0282. The summed E-state index contributed by atoms with van der Waals surface area (Å²) in [6.07, 6.45) is 1.83. The lowest BCUT2D eigenvalue weighted by Gasteiger charge is -2.14. The van der Waals surface area contributed by atoms with E-state index in [1.807, 2.05) is 18.2 Å². The second-order valence-corrected chi connectivity index (χ2v) is 4.70. The molecule has 1 aromatic rings. The van der Waals surface area contributed by atoms with Crippen molar-refractivity contribution in [3.05, 3.63) is 24.4 Å². The van der Waals surface area contributed by atoms with Crippen LogP contribution in [0.15, 0.2) is 29.4 Å². The molecule has 2 saturated heterocycles. The summed E-state index contributed by atoms with van der Waals surface area (Å²) in [4.78, 5) is 4.21. The van der Waals surface area contributed by atoms with Gasteiger partial charge in [-0.3, -0.25) is 0 Å². The van der Waals surface area contributed by atoms with Crippen molar-refractivity contribution >= 4 is 11.8 Å². The highest BCUT2D eigenvalue weighted by Crippen LogP contribution is 2.45. The molecule has 15 heavy (non-hydrogen) atoms. The van der Waals surface area contributed by atoms with Gasteiger partial charge in [0.15, 0.2) is 0 Å². The Morgan fingerprint density at radius 3 is 2.93 bits per heavy atom. The number of aliphatic hydroxyl groups is 1. The molecule has 2 aliphatic rings. The highest BCUT2D eigenvalue weighted by Gasteiger charge is 2.58. The molecule has 0 saturated carbocycles. The zero-order valence-electron chi connectivity index (χ0n) is 7.95. The Morgan fingerprint density at radius 2 is 2.27 bits per heavy atom. The van der Waals surface area contributed by atoms with Crippen molar-refractivity contribution in [2.75, 3.05) is 6.61 Å². The largest absolute Gasteiger partial charge is 0.394 e. The molecule has 1 aromatic heterocycles. The maximum atomic E-state index is 9.02. The molecule has 4 nitrogen and oxygen atoms in total. The van der Waals surface area contributed by atoms with Crippen molar-refractivity contribution in [1.29, 1.82) is 0 Å². The molecule has 2 fully saturated rings. The van der Waals surface area contributed by atoms with E-state index in [0.29, 0.717) is 0 Å². The first-order chi connectivity index (χ1) is 7.38. The van der Waals surface area contributed by atoms with Crippen molar-refractivity contribution in [3.8, 4) is 0 Å². The van der Waals surface area contributed by atoms with E-state index in [2.05, 4.69) is 4.98 Å². The molecule has 0 aliphatic carbocycles. The fourth-order valence-corrected chi connectivity index (χ4v) is 2.83. The van der Waals surface area contributed by atoms with Crippen LogP contribution >= 0.6 is 11.8 Å². The molecule has 3 heterocycles. The van der Waals surface area contributed by atoms with Gasteiger partial charge >= 0.3 is 0 Å². The fourth-order valence-electron chi connectivity index (χ4n) is 1.76. The van der Waals surface area contributed by atoms with Crippen LogP contribution in [-0.2, 0) is 9.47 Å². The second kappa shape index (κ2) is 3.75. The number of aromatic nitrogens is 1. The van der Waals surface area contributed by atoms with Gasteiger partial charge in [0, 0.05) is 6.20 Å². The van der Waals surface area contributed by atoms with Crippen LogP contribution in [0.5, 0.6) is 0 Å². The lowest BCUT2D eigenvalue weighted by atomic mass is 10.2. The Morgan fingerprint density at radius 1 is 1.33 bits per heavy atom. The number of aliphatic hydroxyl groups excluding tert-OH is 1. The van der Waals surface area contributed by atoms with Gasteiger partial charge in [0.2, 0.25) is 0 Å². The van der Waals surface area contributed by atoms with Crippen molar-refractivity contribution in [1.82, 2.24) is 4.98 Å². The number of hydrogen-bond acceptors (Lipinski definition) is 5. The van der Waals surface area contributed by atoms with Gasteiger partial charge in [0.05, 0.1) is 11.6 Å². The minimum absolute atomic E-state index is 0.0259. The highest BCUT2D eigenvalue weighted by molar-refractivity contribution is 7.99. The maximum absolute atomic E-state index is 9.02. The van der Waals surface area contributed by atoms with Crippen LogP contribution in [0.25, 0.3) is 0 Å². The minimum Gasteiger partial charge on any atom is -0.394 e. The van der Waals surface area contributed by atoms with Gasteiger partial charge in [-0.25, -0.2) is 4.98 Å². The molecule has 0 bridgehead atoms. The summed E-state index contributed by atoms with van der Waals surface area (Å²) < 4.78 is 11.0. The first-order valence-corrected chi connectivity index (χ1v) is 5.76. The van der Waals surface area contributed by atoms with Crippen LogP contribution in [0.3, 0.4) is 0 Å². The first-order valence-electron chi connectivity index (χ1n) is 4.88. The number of nitrogens with zero attached hydrogens (tertiary/aromatic N) is 1. The van der Waals surface area contributed by atoms with Gasteiger partial charge in [-0.15, -0.1) is 0 Å². The molecule has 0 spiro atoms. The number of epoxide rings is 1. The van der Waals surface area contributed by atoms with E-state index >= 15 is 0 Å². The molecule has 0 aromatic carbocycles. The van der Waals surface area contributed by atoms with E-state index in [9.17, 15) is 0 Å². The van der Waals surface area contributed by atoms with Gasteiger partial charge in [0.1, 0.15) is 23.7 Å². The molecule has 2 aliphatic heterocycles. The number of hydrogen-bond donors (Lipinski definition) is 1. The standard InChI is InChI=1S/C10H11NO3S/c12-5-6-8-9(14-8)10(13-6)15-7-3-1-2-4-11-7/h1-4,6,8-10,12H,5H2/t6-,8+,9+,10+/m1/s1. The maximum Gasteiger partial charge on any atom is 0.138 e. The normalized spacial score (nSPS) is 37.7. The molecule has 1 N–H and O–H groups in total. The zero-order valence-corrected chi connectivity index (χ0v) is 8.76. The lowest BCUT2D eigenvalue weighted by Crippen LogP contribution is -2.21. The third-order valence-corrected chi connectivity index (χ3v) is 3.65. The van der Waals surface area contributed by atoms with E-state index in [1.165, 1.54) is 0 Å². The van der Waals surface area contributed by atoms with Gasteiger partial charge < -0.3 is 14.6 Å². The number of fused-ring (bicyclic) bond motifs is 1. The van der Waals surface area contributed by atoms with Crippen molar-refractivity contribution < 1.29 is 14.6 Å². The smallest absolute Gasteiger partial charge is 0.138 e. The predicted molar refractivity (Wildman–Crippen MR) is 54.5 cm³/mol. The molecule has 5 heteroatoms. The minimum atomic E-state index is -0.156. The van der Waals surface area contributed by atoms with E-state index < -0.39 is 0 Å². The average molecular weight is 225 g/mol. The van der Waals surface area contributed by atoms with Gasteiger partial charge in [-0.05, 0) is 12.1 Å². The van der Waals surface area contributed by atoms with Crippen LogP contribution in [0.1, 0.15) is 0 Å². The average Bonchev–Trinajstić information content (AvgIpc) is 3.00. The SMILES string of the molecule is OC[C@H]1O[C@@H](Sc2ccccn2)[C@H]2O[C@H]21. The van der Waals surface area contributed by atoms with Crippen LogP contribution in [0.2, 0.25) is 0 Å². The number of pyridine rings is 1. The summed E-state index contributed by atoms with van der Waals surface area (Å²) in [5.41, 5.74) is -0.0259. The van der Waals surface area contributed by atoms with E-state index in [-0.39, 0.29) is 30.4 Å². The van der Waals surface area contributed by atoms with Gasteiger partial charge in [-0.2, -0.15) is 0 Å². The quantitative estimate of drug-likeness (QED) is 0.766. The van der Waals surface area contributed by atoms with Crippen molar-refractivity contribution in [3.63, 3.8) is 0 Å². The first kappa shape index (κ1) is 9.59. The monoisotopic (exact) mass is 225 g/mol. The van der Waals surface area contributed by atoms with Crippen LogP contribution in [-0.4, -0.2) is 40.4 Å². The number of ether oxygens (including phenoxy) is 2. The number of rotatable bonds is 3. The van der Waals surface area contributed by atoms with Gasteiger partial charge in [-0.1, -0.05) is 17.8 Å². The topological polar surface area (TPSA) is 54.9 Å². The Bertz CT molecular complexity index is 348. The molecular formula is C10H11NO3S. The second-order valence-electron chi connectivity index (χ2n) is 3.58. The summed E-state index contributed by atoms with van der Waals surface area (Å²) in [5, 5.41) is 9.94. The molecule has 80 valence electrons. The predicted octanol–water partition coefficient (Wildman–Crippen LogP) is 0.658. The van der Waals surface area contributed by atoms with E-state index in [0.717, 1.165) is 5.03 Å². The molecule has 3 rings (SSSR count). The Labute approximate surface area is 91.6 Å². The van der Waals surface area contributed by atoms with Gasteiger partial charge in [0.25, 0.3) is 0 Å². The summed E-state index contributed by atoms with van der Waals surface area (Å²) in [5.74, 6) is 0. The summed E-state index contributed by atoms with van der Waals surface area (Å²) in [6, 6.07) is 5.77. The molecular weight excluding hydrogens is 214 g/mol. The highest BCUT2D eigenvalue weighted by atomic mass is 32.2. The zero-order chi connectivity index (χ0) is 10.3. The third kappa shape index (κ3) is 1.76. The van der Waals surface area contributed by atoms with Crippen LogP contribution < -0.4 is 0 Å². The molecule has 0 radical (unpaired) electrons.